The molecule has 0 spiro atoms. The lowest BCUT2D eigenvalue weighted by Gasteiger charge is -2.25. The molecule has 0 aliphatic heterocycles. The van der Waals surface area contributed by atoms with Crippen LogP contribution >= 0.6 is 0 Å². The van der Waals surface area contributed by atoms with E-state index in [0.29, 0.717) is 11.4 Å². The number of carboxylic acid groups (broad SMARTS) is 1. The molecule has 0 fully saturated rings. The van der Waals surface area contributed by atoms with E-state index in [4.69, 9.17) is 5.11 Å². The van der Waals surface area contributed by atoms with Crippen molar-refractivity contribution in [2.75, 3.05) is 18.5 Å². The van der Waals surface area contributed by atoms with E-state index in [0.717, 1.165) is 5.69 Å². The Hall–Kier alpha value is -2.89. The van der Waals surface area contributed by atoms with Crippen LogP contribution in [0.3, 0.4) is 0 Å². The third kappa shape index (κ3) is 4.10. The van der Waals surface area contributed by atoms with Crippen molar-refractivity contribution < 1.29 is 14.7 Å². The number of carbonyl (C=O) groups excluding carboxylic acids is 1. The quantitative estimate of drug-likeness (QED) is 0.883. The molecule has 0 radical (unpaired) electrons. The lowest BCUT2D eigenvalue weighted by Crippen LogP contribution is -2.40. The number of rotatable bonds is 6. The summed E-state index contributed by atoms with van der Waals surface area (Å²) < 4.78 is 0. The zero-order valence-electron chi connectivity index (χ0n) is 14.0. The summed E-state index contributed by atoms with van der Waals surface area (Å²) >= 11 is 0. The first-order valence-corrected chi connectivity index (χ1v) is 7.67. The molecule has 24 heavy (non-hydrogen) atoms. The number of carbonyl (C=O) groups is 2. The highest BCUT2D eigenvalue weighted by atomic mass is 16.4. The predicted octanol–water partition coefficient (Wildman–Crippen LogP) is 2.78. The SMILES string of the molecule is CC(C)N(CC(=O)O)C(=O)c1ccc(N(C)c2ccccc2)nc1. The molecule has 0 atom stereocenters. The maximum Gasteiger partial charge on any atom is 0.323 e. The van der Waals surface area contributed by atoms with Crippen molar-refractivity contribution in [1.82, 2.24) is 9.88 Å². The van der Waals surface area contributed by atoms with E-state index in [-0.39, 0.29) is 18.5 Å². The fourth-order valence-electron chi connectivity index (χ4n) is 2.30. The van der Waals surface area contributed by atoms with Gasteiger partial charge in [-0.1, -0.05) is 18.2 Å². The van der Waals surface area contributed by atoms with Gasteiger partial charge in [-0.25, -0.2) is 4.98 Å². The van der Waals surface area contributed by atoms with Crippen molar-refractivity contribution in [2.45, 2.75) is 19.9 Å². The fourth-order valence-corrected chi connectivity index (χ4v) is 2.30. The van der Waals surface area contributed by atoms with Crippen molar-refractivity contribution in [3.63, 3.8) is 0 Å². The number of nitrogens with zero attached hydrogens (tertiary/aromatic N) is 3. The first kappa shape index (κ1) is 17.5. The van der Waals surface area contributed by atoms with Crippen LogP contribution in [0, 0.1) is 0 Å². The highest BCUT2D eigenvalue weighted by Gasteiger charge is 2.21. The number of anilines is 2. The van der Waals surface area contributed by atoms with Gasteiger partial charge in [0, 0.05) is 25.0 Å². The second-order valence-corrected chi connectivity index (χ2v) is 5.72. The van der Waals surface area contributed by atoms with Gasteiger partial charge in [-0.05, 0) is 38.1 Å². The lowest BCUT2D eigenvalue weighted by atomic mass is 10.2. The Kier molecular flexibility index (Phi) is 5.52. The van der Waals surface area contributed by atoms with Crippen LogP contribution in [0.5, 0.6) is 0 Å². The number of aliphatic carboxylic acids is 1. The van der Waals surface area contributed by atoms with Crippen LogP contribution in [-0.2, 0) is 4.79 Å². The summed E-state index contributed by atoms with van der Waals surface area (Å²) in [5, 5.41) is 8.96. The molecular weight excluding hydrogens is 306 g/mol. The summed E-state index contributed by atoms with van der Waals surface area (Å²) in [4.78, 5) is 31.0. The molecule has 2 rings (SSSR count). The van der Waals surface area contributed by atoms with Crippen LogP contribution in [0.25, 0.3) is 0 Å². The van der Waals surface area contributed by atoms with Gasteiger partial charge in [-0.15, -0.1) is 0 Å². The van der Waals surface area contributed by atoms with Gasteiger partial charge in [0.2, 0.25) is 0 Å². The third-order valence-electron chi connectivity index (χ3n) is 3.67. The van der Waals surface area contributed by atoms with Gasteiger partial charge in [0.25, 0.3) is 5.91 Å². The summed E-state index contributed by atoms with van der Waals surface area (Å²) in [6.45, 7) is 3.24. The van der Waals surface area contributed by atoms with Gasteiger partial charge in [0.1, 0.15) is 12.4 Å². The normalized spacial score (nSPS) is 10.5. The Balaban J connectivity index is 2.19. The Morgan fingerprint density at radius 1 is 1.12 bits per heavy atom. The molecule has 0 saturated carbocycles. The van der Waals surface area contributed by atoms with Crippen LogP contribution in [0.1, 0.15) is 24.2 Å². The van der Waals surface area contributed by atoms with Gasteiger partial charge in [-0.3, -0.25) is 9.59 Å². The van der Waals surface area contributed by atoms with Crippen LogP contribution in [0.4, 0.5) is 11.5 Å². The van der Waals surface area contributed by atoms with E-state index in [1.807, 2.05) is 42.3 Å². The van der Waals surface area contributed by atoms with Crippen molar-refractivity contribution >= 4 is 23.4 Å². The molecule has 1 amide bonds. The molecule has 0 bridgehead atoms. The summed E-state index contributed by atoms with van der Waals surface area (Å²) in [6, 6.07) is 13.0. The minimum Gasteiger partial charge on any atom is -0.480 e. The Labute approximate surface area is 141 Å². The number of benzene rings is 1. The Morgan fingerprint density at radius 3 is 2.29 bits per heavy atom. The van der Waals surface area contributed by atoms with E-state index >= 15 is 0 Å². The Bertz CT molecular complexity index is 699. The topological polar surface area (TPSA) is 73.7 Å². The minimum absolute atomic E-state index is 0.208. The highest BCUT2D eigenvalue weighted by Crippen LogP contribution is 2.21. The second-order valence-electron chi connectivity index (χ2n) is 5.72. The molecule has 0 unspecified atom stereocenters. The molecule has 0 aliphatic carbocycles. The number of amides is 1. The Morgan fingerprint density at radius 2 is 1.79 bits per heavy atom. The third-order valence-corrected chi connectivity index (χ3v) is 3.67. The first-order valence-electron chi connectivity index (χ1n) is 7.67. The molecule has 1 aromatic heterocycles. The second kappa shape index (κ2) is 7.59. The van der Waals surface area contributed by atoms with Crippen molar-refractivity contribution in [1.29, 1.82) is 0 Å². The lowest BCUT2D eigenvalue weighted by molar-refractivity contribution is -0.138. The molecule has 0 saturated heterocycles. The van der Waals surface area contributed by atoms with Gasteiger partial charge in [-0.2, -0.15) is 0 Å². The average Bonchev–Trinajstić information content (AvgIpc) is 2.59. The number of hydrogen-bond acceptors (Lipinski definition) is 4. The van der Waals surface area contributed by atoms with Gasteiger partial charge in [0.05, 0.1) is 5.56 Å². The molecule has 6 nitrogen and oxygen atoms in total. The van der Waals surface area contributed by atoms with E-state index in [1.54, 1.807) is 26.0 Å². The molecule has 2 aromatic rings. The smallest absolute Gasteiger partial charge is 0.323 e. The number of carboxylic acids is 1. The molecule has 126 valence electrons. The molecule has 1 N–H and O–H groups in total. The molecule has 6 heteroatoms. The number of aromatic nitrogens is 1. The average molecular weight is 327 g/mol. The maximum atomic E-state index is 12.5. The summed E-state index contributed by atoms with van der Waals surface area (Å²) in [5.74, 6) is -0.675. The number of pyridine rings is 1. The standard InChI is InChI=1S/C18H21N3O3/c1-13(2)21(12-17(22)23)18(24)14-9-10-16(19-11-14)20(3)15-7-5-4-6-8-15/h4-11,13H,12H2,1-3H3,(H,22,23). The summed E-state index contributed by atoms with van der Waals surface area (Å²) in [5.41, 5.74) is 1.36. The molecule has 1 aromatic carbocycles. The van der Waals surface area contributed by atoms with Crippen LogP contribution in [0.2, 0.25) is 0 Å². The van der Waals surface area contributed by atoms with Crippen molar-refractivity contribution in [3.05, 3.63) is 54.2 Å². The first-order chi connectivity index (χ1) is 11.4. The number of para-hydroxylation sites is 1. The predicted molar refractivity (Wildman–Crippen MR) is 92.6 cm³/mol. The largest absolute Gasteiger partial charge is 0.480 e. The van der Waals surface area contributed by atoms with Crippen molar-refractivity contribution in [3.8, 4) is 0 Å². The minimum atomic E-state index is -1.04. The van der Waals surface area contributed by atoms with E-state index in [9.17, 15) is 9.59 Å². The van der Waals surface area contributed by atoms with Gasteiger partial charge < -0.3 is 14.9 Å². The molecule has 1 heterocycles. The summed E-state index contributed by atoms with van der Waals surface area (Å²) in [6.07, 6.45) is 1.48. The number of hydrogen-bond donors (Lipinski definition) is 1. The monoisotopic (exact) mass is 327 g/mol. The highest BCUT2D eigenvalue weighted by molar-refractivity contribution is 5.96. The fraction of sp³-hybridized carbons (Fsp3) is 0.278. The molecular formula is C18H21N3O3. The zero-order chi connectivity index (χ0) is 17.7. The van der Waals surface area contributed by atoms with E-state index in [2.05, 4.69) is 4.98 Å². The van der Waals surface area contributed by atoms with Crippen molar-refractivity contribution in [2.24, 2.45) is 0 Å². The van der Waals surface area contributed by atoms with E-state index < -0.39 is 5.97 Å². The van der Waals surface area contributed by atoms with E-state index in [1.165, 1.54) is 11.1 Å². The van der Waals surface area contributed by atoms with Crippen LogP contribution in [-0.4, -0.2) is 46.5 Å². The van der Waals surface area contributed by atoms with Crippen LogP contribution < -0.4 is 4.90 Å². The summed E-state index contributed by atoms with van der Waals surface area (Å²) in [7, 11) is 1.89. The van der Waals surface area contributed by atoms with Crippen LogP contribution in [0.15, 0.2) is 48.7 Å². The van der Waals surface area contributed by atoms with Gasteiger partial charge in [0.15, 0.2) is 0 Å². The zero-order valence-corrected chi connectivity index (χ0v) is 14.0. The molecule has 0 aliphatic rings. The van der Waals surface area contributed by atoms with Gasteiger partial charge >= 0.3 is 5.97 Å². The maximum absolute atomic E-state index is 12.5.